The number of rotatable bonds is 10. The zero-order valence-electron chi connectivity index (χ0n) is 24.4. The van der Waals surface area contributed by atoms with Crippen LogP contribution in [0.3, 0.4) is 0 Å². The smallest absolute Gasteiger partial charge is 0.408 e. The molecule has 4 unspecified atom stereocenters. The van der Waals surface area contributed by atoms with Crippen LogP contribution >= 0.6 is 0 Å². The third-order valence-electron chi connectivity index (χ3n) is 6.96. The molecule has 4 atom stereocenters. The summed E-state index contributed by atoms with van der Waals surface area (Å²) >= 11 is 0. The molecule has 9 nitrogen and oxygen atoms in total. The van der Waals surface area contributed by atoms with Gasteiger partial charge in [-0.2, -0.15) is 0 Å². The standard InChI is InChI=1S/C31H41N3O6/c1-19-13-14-23(15-20(19)2)27(28(36)32-18-26(35)39-7)34(25-16-21(25)3)29(37)24(17-22-11-9-8-10-12-22)33-30(38)40-31(4,5)6/h8-15,21,24-25,27H,16-18H2,1-7H3,(H,32,36)(H,33,38). The number of carbonyl (C=O) groups is 4. The molecule has 0 spiro atoms. The van der Waals surface area contributed by atoms with Crippen molar-refractivity contribution < 1.29 is 28.7 Å². The first-order valence-corrected chi connectivity index (χ1v) is 13.6. The van der Waals surface area contributed by atoms with Crippen molar-refractivity contribution in [2.24, 2.45) is 5.92 Å². The van der Waals surface area contributed by atoms with Gasteiger partial charge in [-0.05, 0) is 69.2 Å². The van der Waals surface area contributed by atoms with E-state index in [-0.39, 0.29) is 24.9 Å². The van der Waals surface area contributed by atoms with Crippen LogP contribution in [0.5, 0.6) is 0 Å². The van der Waals surface area contributed by atoms with Crippen molar-refractivity contribution in [2.45, 2.75) is 78.1 Å². The van der Waals surface area contributed by atoms with Gasteiger partial charge in [0, 0.05) is 12.5 Å². The number of aryl methyl sites for hydroxylation is 2. The number of amides is 3. The third-order valence-corrected chi connectivity index (χ3v) is 6.96. The summed E-state index contributed by atoms with van der Waals surface area (Å²) in [4.78, 5) is 54.4. The molecule has 0 aromatic heterocycles. The summed E-state index contributed by atoms with van der Waals surface area (Å²) in [6.07, 6.45) is 0.199. The Bertz CT molecular complexity index is 1220. The monoisotopic (exact) mass is 551 g/mol. The predicted octanol–water partition coefficient (Wildman–Crippen LogP) is 4.01. The van der Waals surface area contributed by atoms with Crippen LogP contribution in [-0.2, 0) is 30.3 Å². The second-order valence-corrected chi connectivity index (χ2v) is 11.5. The Kier molecular flexibility index (Phi) is 9.95. The van der Waals surface area contributed by atoms with Gasteiger partial charge in [0.15, 0.2) is 0 Å². The average Bonchev–Trinajstić information content (AvgIpc) is 3.61. The number of carbonyl (C=O) groups excluding carboxylic acids is 4. The van der Waals surface area contributed by atoms with Crippen molar-refractivity contribution >= 4 is 23.9 Å². The largest absolute Gasteiger partial charge is 0.468 e. The van der Waals surface area contributed by atoms with Crippen molar-refractivity contribution in [3.05, 3.63) is 70.8 Å². The lowest BCUT2D eigenvalue weighted by atomic mass is 9.97. The van der Waals surface area contributed by atoms with E-state index < -0.39 is 41.6 Å². The Balaban J connectivity index is 2.04. The van der Waals surface area contributed by atoms with E-state index in [2.05, 4.69) is 10.6 Å². The highest BCUT2D eigenvalue weighted by molar-refractivity contribution is 5.93. The van der Waals surface area contributed by atoms with Crippen LogP contribution < -0.4 is 10.6 Å². The van der Waals surface area contributed by atoms with Gasteiger partial charge in [-0.25, -0.2) is 4.79 Å². The van der Waals surface area contributed by atoms with Gasteiger partial charge in [0.1, 0.15) is 24.2 Å². The van der Waals surface area contributed by atoms with Crippen LogP contribution in [0.2, 0.25) is 0 Å². The summed E-state index contributed by atoms with van der Waals surface area (Å²) in [7, 11) is 1.24. The van der Waals surface area contributed by atoms with Gasteiger partial charge in [0.25, 0.3) is 0 Å². The Morgan fingerprint density at radius 1 is 1.02 bits per heavy atom. The normalized spacial score (nSPS) is 17.7. The van der Waals surface area contributed by atoms with Crippen molar-refractivity contribution in [3.63, 3.8) is 0 Å². The van der Waals surface area contributed by atoms with E-state index in [1.54, 1.807) is 25.7 Å². The molecular formula is C31H41N3O6. The predicted molar refractivity (Wildman–Crippen MR) is 151 cm³/mol. The van der Waals surface area contributed by atoms with Crippen LogP contribution in [0.25, 0.3) is 0 Å². The summed E-state index contributed by atoms with van der Waals surface area (Å²) < 4.78 is 10.2. The van der Waals surface area contributed by atoms with Crippen molar-refractivity contribution in [1.29, 1.82) is 0 Å². The molecule has 3 rings (SSSR count). The maximum atomic E-state index is 14.4. The van der Waals surface area contributed by atoms with E-state index in [0.717, 1.165) is 16.7 Å². The summed E-state index contributed by atoms with van der Waals surface area (Å²) in [6.45, 7) is 10.8. The van der Waals surface area contributed by atoms with Crippen LogP contribution in [-0.4, -0.2) is 60.1 Å². The SMILES string of the molecule is COC(=O)CNC(=O)C(c1ccc(C)c(C)c1)N(C(=O)C(Cc1ccccc1)NC(=O)OC(C)(C)C)C1CC1C. The topological polar surface area (TPSA) is 114 Å². The van der Waals surface area contributed by atoms with Crippen molar-refractivity contribution in [1.82, 2.24) is 15.5 Å². The van der Waals surface area contributed by atoms with Crippen molar-refractivity contribution in [3.8, 4) is 0 Å². The molecular weight excluding hydrogens is 510 g/mol. The fourth-order valence-corrected chi connectivity index (χ4v) is 4.55. The molecule has 2 aromatic rings. The third kappa shape index (κ3) is 8.31. The van der Waals surface area contributed by atoms with E-state index >= 15 is 0 Å². The van der Waals surface area contributed by atoms with Crippen LogP contribution in [0, 0.1) is 19.8 Å². The van der Waals surface area contributed by atoms with E-state index in [1.165, 1.54) is 7.11 Å². The molecule has 1 aliphatic rings. The first kappa shape index (κ1) is 30.7. The molecule has 2 N–H and O–H groups in total. The molecule has 2 aromatic carbocycles. The average molecular weight is 552 g/mol. The molecule has 216 valence electrons. The summed E-state index contributed by atoms with van der Waals surface area (Å²) in [5, 5.41) is 5.41. The minimum atomic E-state index is -1.02. The minimum Gasteiger partial charge on any atom is -0.468 e. The number of alkyl carbamates (subject to hydrolysis) is 1. The summed E-state index contributed by atoms with van der Waals surface area (Å²) in [5.41, 5.74) is 2.72. The number of methoxy groups -OCH3 is 1. The fraction of sp³-hybridized carbons (Fsp3) is 0.484. The fourth-order valence-electron chi connectivity index (χ4n) is 4.55. The maximum Gasteiger partial charge on any atom is 0.408 e. The van der Waals surface area contributed by atoms with Crippen molar-refractivity contribution in [2.75, 3.05) is 13.7 Å². The maximum absolute atomic E-state index is 14.4. The van der Waals surface area contributed by atoms with E-state index in [1.807, 2.05) is 69.3 Å². The zero-order chi connectivity index (χ0) is 29.6. The van der Waals surface area contributed by atoms with E-state index in [0.29, 0.717) is 12.0 Å². The molecule has 1 saturated carbocycles. The highest BCUT2D eigenvalue weighted by atomic mass is 16.6. The second-order valence-electron chi connectivity index (χ2n) is 11.5. The number of ether oxygens (including phenoxy) is 2. The van der Waals surface area contributed by atoms with Gasteiger partial charge in [0.2, 0.25) is 11.8 Å². The molecule has 0 heterocycles. The van der Waals surface area contributed by atoms with Gasteiger partial charge in [-0.3, -0.25) is 14.4 Å². The van der Waals surface area contributed by atoms with E-state index in [9.17, 15) is 19.2 Å². The van der Waals surface area contributed by atoms with Gasteiger partial charge < -0.3 is 25.0 Å². The highest BCUT2D eigenvalue weighted by Gasteiger charge is 2.48. The van der Waals surface area contributed by atoms with Crippen LogP contribution in [0.4, 0.5) is 4.79 Å². The van der Waals surface area contributed by atoms with Gasteiger partial charge in [-0.1, -0.05) is 55.5 Å². The molecule has 0 aliphatic heterocycles. The Morgan fingerprint density at radius 3 is 2.23 bits per heavy atom. The zero-order valence-corrected chi connectivity index (χ0v) is 24.4. The first-order chi connectivity index (χ1) is 18.8. The van der Waals surface area contributed by atoms with Gasteiger partial charge in [0.05, 0.1) is 7.11 Å². The number of benzene rings is 2. The number of hydrogen-bond donors (Lipinski definition) is 2. The van der Waals surface area contributed by atoms with Crippen LogP contribution in [0.1, 0.15) is 62.4 Å². The second kappa shape index (κ2) is 13.0. The molecule has 0 saturated heterocycles. The summed E-state index contributed by atoms with van der Waals surface area (Å²) in [6, 6.07) is 12.7. The number of esters is 1. The number of hydrogen-bond acceptors (Lipinski definition) is 6. The van der Waals surface area contributed by atoms with E-state index in [4.69, 9.17) is 9.47 Å². The Hall–Kier alpha value is -3.88. The van der Waals surface area contributed by atoms with Crippen LogP contribution in [0.15, 0.2) is 48.5 Å². The molecule has 3 amide bonds. The molecule has 0 bridgehead atoms. The molecule has 1 fully saturated rings. The molecule has 0 radical (unpaired) electrons. The molecule has 1 aliphatic carbocycles. The highest BCUT2D eigenvalue weighted by Crippen LogP contribution is 2.41. The quantitative estimate of drug-likeness (QED) is 0.432. The minimum absolute atomic E-state index is 0.158. The Morgan fingerprint density at radius 2 is 1.68 bits per heavy atom. The molecule has 9 heteroatoms. The number of nitrogens with one attached hydrogen (secondary N) is 2. The number of nitrogens with zero attached hydrogens (tertiary/aromatic N) is 1. The molecule has 40 heavy (non-hydrogen) atoms. The lowest BCUT2D eigenvalue weighted by molar-refractivity contribution is -0.145. The lowest BCUT2D eigenvalue weighted by Gasteiger charge is -2.35. The van der Waals surface area contributed by atoms with Gasteiger partial charge >= 0.3 is 12.1 Å². The summed E-state index contributed by atoms with van der Waals surface area (Å²) in [5.74, 6) is -1.35. The lowest BCUT2D eigenvalue weighted by Crippen LogP contribution is -2.55. The first-order valence-electron chi connectivity index (χ1n) is 13.6. The Labute approximate surface area is 236 Å². The van der Waals surface area contributed by atoms with Gasteiger partial charge in [-0.15, -0.1) is 0 Å².